The first-order valence-corrected chi connectivity index (χ1v) is 8.36. The number of ether oxygens (including phenoxy) is 1. The molecular weight excluding hydrogens is 371 g/mol. The molecule has 2 aliphatic heterocycles. The molecule has 0 spiro atoms. The third-order valence-corrected chi connectivity index (χ3v) is 4.78. The van der Waals surface area contributed by atoms with Crippen LogP contribution in [0, 0.1) is 5.92 Å². The van der Waals surface area contributed by atoms with Crippen molar-refractivity contribution < 1.29 is 27.2 Å². The molecule has 0 amide bonds. The maximum absolute atomic E-state index is 12.7. The number of rotatable bonds is 2. The first-order valence-electron chi connectivity index (χ1n) is 8.36. The smallest absolute Gasteiger partial charge is 0.455 e. The van der Waals surface area contributed by atoms with E-state index in [1.54, 1.807) is 0 Å². The minimum absolute atomic E-state index is 0.0654. The van der Waals surface area contributed by atoms with E-state index in [4.69, 9.17) is 4.74 Å². The van der Waals surface area contributed by atoms with Gasteiger partial charge in [0.25, 0.3) is 5.82 Å². The number of alkyl halides is 3. The summed E-state index contributed by atoms with van der Waals surface area (Å²) in [4.78, 5) is 28.4. The lowest BCUT2D eigenvalue weighted by Gasteiger charge is -2.41. The molecule has 0 saturated carbocycles. The van der Waals surface area contributed by atoms with E-state index in [1.165, 1.54) is 4.57 Å². The summed E-state index contributed by atoms with van der Waals surface area (Å²) in [5, 5.41) is 6.98. The lowest BCUT2D eigenvalue weighted by Crippen LogP contribution is -2.49. The molecule has 0 bridgehead atoms. The summed E-state index contributed by atoms with van der Waals surface area (Å²) in [5.41, 5.74) is -1.23. The summed E-state index contributed by atoms with van der Waals surface area (Å²) in [6.07, 6.45) is -2.99. The summed E-state index contributed by atoms with van der Waals surface area (Å²) in [5.74, 6) is -2.01. The lowest BCUT2D eigenvalue weighted by molar-refractivity contribution is -0.175. The van der Waals surface area contributed by atoms with Crippen LogP contribution in [-0.4, -0.2) is 36.1 Å². The van der Waals surface area contributed by atoms with Crippen LogP contribution in [0.25, 0.3) is 0 Å². The average Bonchev–Trinajstić information content (AvgIpc) is 3.12. The van der Waals surface area contributed by atoms with Gasteiger partial charge in [0.15, 0.2) is 0 Å². The van der Waals surface area contributed by atoms with Crippen LogP contribution in [0.3, 0.4) is 0 Å². The minimum Gasteiger partial charge on any atom is -0.458 e. The molecule has 1 unspecified atom stereocenters. The zero-order valence-electron chi connectivity index (χ0n) is 14.5. The second-order valence-corrected chi connectivity index (χ2v) is 7.36. The van der Waals surface area contributed by atoms with E-state index in [-0.39, 0.29) is 5.92 Å². The van der Waals surface area contributed by atoms with Crippen LogP contribution in [0.15, 0.2) is 9.32 Å². The number of esters is 1. The largest absolute Gasteiger partial charge is 0.458 e. The highest BCUT2D eigenvalue weighted by Gasteiger charge is 2.47. The van der Waals surface area contributed by atoms with Crippen molar-refractivity contribution in [1.82, 2.24) is 24.5 Å². The van der Waals surface area contributed by atoms with Crippen molar-refractivity contribution >= 4 is 5.97 Å². The number of carbonyl (C=O) groups excluding carboxylic acids is 1. The Kier molecular flexibility index (Phi) is 3.72. The van der Waals surface area contributed by atoms with Crippen molar-refractivity contribution in [3.05, 3.63) is 28.0 Å². The Morgan fingerprint density at radius 2 is 2.04 bits per heavy atom. The molecule has 12 heteroatoms. The van der Waals surface area contributed by atoms with Crippen LogP contribution in [0.4, 0.5) is 13.2 Å². The fraction of sp³-hybridized carbons (Fsp3) is 0.667. The number of fused-ring (bicyclic) bond motifs is 3. The molecule has 2 aromatic heterocycles. The topological polar surface area (TPSA) is 105 Å². The molecular formula is C15H16F3N5O4. The number of carbonyl (C=O) groups is 1. The third kappa shape index (κ3) is 3.02. The van der Waals surface area contributed by atoms with Crippen LogP contribution in [-0.2, 0) is 28.7 Å². The second-order valence-electron chi connectivity index (χ2n) is 7.36. The fourth-order valence-electron chi connectivity index (χ4n) is 3.78. The van der Waals surface area contributed by atoms with E-state index in [2.05, 4.69) is 19.8 Å². The number of nitrogens with zero attached hydrogens (tertiary/aromatic N) is 5. The van der Waals surface area contributed by atoms with Gasteiger partial charge >= 0.3 is 17.8 Å². The maximum atomic E-state index is 12.7. The van der Waals surface area contributed by atoms with Crippen molar-refractivity contribution in [2.45, 2.75) is 57.5 Å². The molecule has 4 rings (SSSR count). The van der Waals surface area contributed by atoms with Gasteiger partial charge in [-0.1, -0.05) is 5.16 Å². The Morgan fingerprint density at radius 3 is 2.70 bits per heavy atom. The Labute approximate surface area is 150 Å². The van der Waals surface area contributed by atoms with Gasteiger partial charge in [-0.15, -0.1) is 0 Å². The molecule has 27 heavy (non-hydrogen) atoms. The Morgan fingerprint density at radius 1 is 1.30 bits per heavy atom. The van der Waals surface area contributed by atoms with Crippen molar-refractivity contribution in [3.8, 4) is 0 Å². The highest BCUT2D eigenvalue weighted by atomic mass is 19.4. The van der Waals surface area contributed by atoms with Gasteiger partial charge in [-0.05, 0) is 32.6 Å². The van der Waals surface area contributed by atoms with Crippen LogP contribution in [0.1, 0.15) is 50.3 Å². The molecule has 1 fully saturated rings. The minimum atomic E-state index is -4.74. The maximum Gasteiger partial charge on any atom is 0.455 e. The standard InChI is InChI=1S/C15H16F3N5O4/c1-14(2)5-7-3-4-8-20-22(13(25)23(8)10(7)11(24)26-14)6-9-19-12(21-27-9)15(16,17)18/h7,10H,3-6H2,1-2H3/t7?,10-/m0/s1. The summed E-state index contributed by atoms with van der Waals surface area (Å²) < 4.78 is 49.9. The van der Waals surface area contributed by atoms with Crippen LogP contribution in [0.2, 0.25) is 0 Å². The molecule has 2 aromatic rings. The molecule has 2 aliphatic rings. The SMILES string of the molecule is CC1(C)CC2CCc3nn(Cc4nc(C(F)(F)F)no4)c(=O)n3[C@@H]2C(=O)O1. The molecule has 0 aliphatic carbocycles. The van der Waals surface area contributed by atoms with Gasteiger partial charge in [-0.25, -0.2) is 14.3 Å². The predicted molar refractivity (Wildman–Crippen MR) is 80.5 cm³/mol. The normalized spacial score (nSPS) is 24.3. The van der Waals surface area contributed by atoms with Crippen molar-refractivity contribution in [1.29, 1.82) is 0 Å². The summed E-state index contributed by atoms with van der Waals surface area (Å²) in [7, 11) is 0. The Hall–Kier alpha value is -2.66. The number of cyclic esters (lactones) is 1. The van der Waals surface area contributed by atoms with Gasteiger partial charge in [0, 0.05) is 6.42 Å². The third-order valence-electron chi connectivity index (χ3n) is 4.78. The van der Waals surface area contributed by atoms with Gasteiger partial charge in [0.1, 0.15) is 24.0 Å². The first kappa shape index (κ1) is 17.7. The molecule has 0 N–H and O–H groups in total. The molecule has 146 valence electrons. The summed E-state index contributed by atoms with van der Waals surface area (Å²) >= 11 is 0. The summed E-state index contributed by atoms with van der Waals surface area (Å²) in [6.45, 7) is 3.22. The van der Waals surface area contributed by atoms with Crippen LogP contribution < -0.4 is 5.69 Å². The van der Waals surface area contributed by atoms with E-state index in [9.17, 15) is 22.8 Å². The molecule has 9 nitrogen and oxygen atoms in total. The predicted octanol–water partition coefficient (Wildman–Crippen LogP) is 1.32. The van der Waals surface area contributed by atoms with Crippen molar-refractivity contribution in [2.24, 2.45) is 5.92 Å². The molecule has 1 saturated heterocycles. The zero-order chi connectivity index (χ0) is 19.6. The van der Waals surface area contributed by atoms with E-state index < -0.39 is 47.7 Å². The molecule has 2 atom stereocenters. The second kappa shape index (κ2) is 5.67. The Balaban J connectivity index is 1.65. The Bertz CT molecular complexity index is 958. The van der Waals surface area contributed by atoms with Gasteiger partial charge in [-0.2, -0.15) is 23.3 Å². The number of hydrogen-bond acceptors (Lipinski definition) is 7. The average molecular weight is 387 g/mol. The van der Waals surface area contributed by atoms with E-state index in [1.807, 2.05) is 13.8 Å². The summed E-state index contributed by atoms with van der Waals surface area (Å²) in [6, 6.07) is -0.781. The van der Waals surface area contributed by atoms with E-state index >= 15 is 0 Å². The molecule has 0 aromatic carbocycles. The highest BCUT2D eigenvalue weighted by Crippen LogP contribution is 2.41. The number of aromatic nitrogens is 5. The number of hydrogen-bond donors (Lipinski definition) is 0. The van der Waals surface area contributed by atoms with E-state index in [0.717, 1.165) is 4.68 Å². The molecule has 0 radical (unpaired) electrons. The van der Waals surface area contributed by atoms with Crippen molar-refractivity contribution in [3.63, 3.8) is 0 Å². The van der Waals surface area contributed by atoms with Gasteiger partial charge in [0.2, 0.25) is 5.89 Å². The lowest BCUT2D eigenvalue weighted by atomic mass is 9.80. The number of aryl methyl sites for hydroxylation is 1. The first-order chi connectivity index (χ1) is 12.5. The van der Waals surface area contributed by atoms with Gasteiger partial charge in [0.05, 0.1) is 0 Å². The van der Waals surface area contributed by atoms with E-state index in [0.29, 0.717) is 25.1 Å². The van der Waals surface area contributed by atoms with Gasteiger partial charge in [-0.3, -0.25) is 4.57 Å². The quantitative estimate of drug-likeness (QED) is 0.716. The van der Waals surface area contributed by atoms with Crippen LogP contribution >= 0.6 is 0 Å². The molecule has 4 heterocycles. The van der Waals surface area contributed by atoms with Crippen molar-refractivity contribution in [2.75, 3.05) is 0 Å². The zero-order valence-corrected chi connectivity index (χ0v) is 14.5. The number of halogens is 3. The van der Waals surface area contributed by atoms with Crippen LogP contribution in [0.5, 0.6) is 0 Å². The van der Waals surface area contributed by atoms with Gasteiger partial charge < -0.3 is 9.26 Å². The fourth-order valence-corrected chi connectivity index (χ4v) is 3.78. The monoisotopic (exact) mass is 387 g/mol. The highest BCUT2D eigenvalue weighted by molar-refractivity contribution is 5.76.